The summed E-state index contributed by atoms with van der Waals surface area (Å²) in [6.45, 7) is 4.29. The molecule has 1 aliphatic carbocycles. The summed E-state index contributed by atoms with van der Waals surface area (Å²) in [5.41, 5.74) is 3.17. The van der Waals surface area contributed by atoms with Crippen molar-refractivity contribution in [1.82, 2.24) is 35.4 Å². The number of amides is 3. The molecule has 2 aromatic rings. The van der Waals surface area contributed by atoms with Crippen molar-refractivity contribution >= 4 is 17.7 Å². The van der Waals surface area contributed by atoms with Crippen molar-refractivity contribution in [2.75, 3.05) is 26.2 Å². The predicted octanol–water partition coefficient (Wildman–Crippen LogP) is 0.313. The molecule has 0 radical (unpaired) electrons. The highest BCUT2D eigenvalue weighted by Crippen LogP contribution is 2.46. The van der Waals surface area contributed by atoms with Gasteiger partial charge in [0.1, 0.15) is 11.7 Å². The number of hydrogen-bond donors (Lipinski definition) is 2. The van der Waals surface area contributed by atoms with Crippen LogP contribution in [0.5, 0.6) is 0 Å². The van der Waals surface area contributed by atoms with Gasteiger partial charge in [0.25, 0.3) is 5.91 Å². The molecule has 3 aliphatic heterocycles. The molecule has 0 spiro atoms. The Bertz CT molecular complexity index is 1130. The quantitative estimate of drug-likeness (QED) is 0.646. The SMILES string of the molecule is O=C1CCC(N2Cc3c(cccc3-n3cc(C4(N5CCNCC5)CCC4)nn3)C2=O)C(=O)N1. The van der Waals surface area contributed by atoms with Gasteiger partial charge in [-0.25, -0.2) is 4.68 Å². The number of nitrogens with one attached hydrogen (secondary N) is 2. The molecule has 1 atom stereocenters. The first kappa shape index (κ1) is 20.5. The summed E-state index contributed by atoms with van der Waals surface area (Å²) >= 11 is 0. The number of hydrogen-bond acceptors (Lipinski definition) is 7. The highest BCUT2D eigenvalue weighted by Gasteiger charge is 2.46. The molecule has 2 N–H and O–H groups in total. The number of benzene rings is 1. The third kappa shape index (κ3) is 3.19. The van der Waals surface area contributed by atoms with Crippen molar-refractivity contribution in [3.63, 3.8) is 0 Å². The lowest BCUT2D eigenvalue weighted by Gasteiger charge is -2.50. The lowest BCUT2D eigenvalue weighted by molar-refractivity contribution is -0.136. The second-order valence-corrected chi connectivity index (χ2v) is 9.37. The van der Waals surface area contributed by atoms with Gasteiger partial charge in [-0.1, -0.05) is 11.3 Å². The normalized spacial score (nSPS) is 25.0. The number of rotatable bonds is 4. The van der Waals surface area contributed by atoms with Crippen LogP contribution in [0.4, 0.5) is 0 Å². The number of fused-ring (bicyclic) bond motifs is 1. The van der Waals surface area contributed by atoms with Gasteiger partial charge in [0.2, 0.25) is 11.8 Å². The fraction of sp³-hybridized carbons (Fsp3) is 0.522. The number of piperazine rings is 1. The van der Waals surface area contributed by atoms with Crippen LogP contribution in [0.15, 0.2) is 24.4 Å². The van der Waals surface area contributed by atoms with E-state index in [2.05, 4.69) is 25.8 Å². The van der Waals surface area contributed by atoms with Crippen LogP contribution in [-0.4, -0.2) is 74.7 Å². The van der Waals surface area contributed by atoms with Crippen molar-refractivity contribution < 1.29 is 14.4 Å². The predicted molar refractivity (Wildman–Crippen MR) is 117 cm³/mol. The Labute approximate surface area is 191 Å². The fourth-order valence-corrected chi connectivity index (χ4v) is 5.72. The number of carbonyl (C=O) groups is 3. The van der Waals surface area contributed by atoms with Gasteiger partial charge < -0.3 is 10.2 Å². The first-order chi connectivity index (χ1) is 16.1. The largest absolute Gasteiger partial charge is 0.322 e. The summed E-state index contributed by atoms with van der Waals surface area (Å²) in [6, 6.07) is 4.94. The van der Waals surface area contributed by atoms with E-state index in [1.807, 2.05) is 18.3 Å². The van der Waals surface area contributed by atoms with E-state index in [1.54, 1.807) is 15.6 Å². The molecule has 10 nitrogen and oxygen atoms in total. The summed E-state index contributed by atoms with van der Waals surface area (Å²) < 4.78 is 1.78. The van der Waals surface area contributed by atoms with E-state index in [1.165, 1.54) is 6.42 Å². The van der Waals surface area contributed by atoms with Gasteiger partial charge in [-0.2, -0.15) is 0 Å². The summed E-state index contributed by atoms with van der Waals surface area (Å²) in [4.78, 5) is 41.2. The zero-order valence-electron chi connectivity index (χ0n) is 18.4. The third-order valence-corrected chi connectivity index (χ3v) is 7.68. The van der Waals surface area contributed by atoms with Crippen LogP contribution >= 0.6 is 0 Å². The van der Waals surface area contributed by atoms with E-state index in [-0.39, 0.29) is 23.8 Å². The molecule has 1 saturated carbocycles. The van der Waals surface area contributed by atoms with Crippen LogP contribution in [0.1, 0.15) is 53.7 Å². The highest BCUT2D eigenvalue weighted by molar-refractivity contribution is 6.05. The lowest BCUT2D eigenvalue weighted by atomic mass is 9.73. The second-order valence-electron chi connectivity index (χ2n) is 9.37. The van der Waals surface area contributed by atoms with Crippen molar-refractivity contribution in [2.45, 2.75) is 50.2 Å². The third-order valence-electron chi connectivity index (χ3n) is 7.68. The Kier molecular flexibility index (Phi) is 4.81. The molecule has 2 saturated heterocycles. The number of nitrogens with zero attached hydrogens (tertiary/aromatic N) is 5. The number of aromatic nitrogens is 3. The van der Waals surface area contributed by atoms with Crippen molar-refractivity contribution in [3.05, 3.63) is 41.2 Å². The van der Waals surface area contributed by atoms with E-state index >= 15 is 0 Å². The maximum absolute atomic E-state index is 13.1. The van der Waals surface area contributed by atoms with Crippen LogP contribution in [0.3, 0.4) is 0 Å². The van der Waals surface area contributed by atoms with Crippen molar-refractivity contribution in [2.24, 2.45) is 0 Å². The van der Waals surface area contributed by atoms with Crippen LogP contribution in [0, 0.1) is 0 Å². The van der Waals surface area contributed by atoms with Crippen molar-refractivity contribution in [1.29, 1.82) is 0 Å². The van der Waals surface area contributed by atoms with E-state index in [0.29, 0.717) is 18.5 Å². The van der Waals surface area contributed by atoms with Gasteiger partial charge in [-0.05, 0) is 37.8 Å². The van der Waals surface area contributed by atoms with E-state index in [4.69, 9.17) is 0 Å². The summed E-state index contributed by atoms with van der Waals surface area (Å²) in [6.07, 6.45) is 5.95. The Balaban J connectivity index is 1.30. The zero-order chi connectivity index (χ0) is 22.6. The molecule has 1 aromatic carbocycles. The maximum Gasteiger partial charge on any atom is 0.255 e. The molecule has 10 heteroatoms. The minimum absolute atomic E-state index is 0.0487. The molecule has 1 unspecified atom stereocenters. The minimum atomic E-state index is -0.632. The maximum atomic E-state index is 13.1. The summed E-state index contributed by atoms with van der Waals surface area (Å²) in [5, 5.41) is 14.8. The molecular weight excluding hydrogens is 422 g/mol. The number of piperidine rings is 1. The topological polar surface area (TPSA) is 112 Å². The van der Waals surface area contributed by atoms with Gasteiger partial charge in [-0.15, -0.1) is 5.10 Å². The van der Waals surface area contributed by atoms with E-state index in [9.17, 15) is 14.4 Å². The van der Waals surface area contributed by atoms with Gasteiger partial charge in [-0.3, -0.25) is 24.6 Å². The molecule has 4 aliphatic rings. The van der Waals surface area contributed by atoms with Crippen LogP contribution < -0.4 is 10.6 Å². The monoisotopic (exact) mass is 449 g/mol. The molecule has 4 heterocycles. The van der Waals surface area contributed by atoms with Gasteiger partial charge in [0.15, 0.2) is 0 Å². The van der Waals surface area contributed by atoms with Crippen LogP contribution in [0.25, 0.3) is 5.69 Å². The lowest BCUT2D eigenvalue weighted by Crippen LogP contribution is -2.57. The molecule has 172 valence electrons. The zero-order valence-corrected chi connectivity index (χ0v) is 18.4. The minimum Gasteiger partial charge on any atom is -0.322 e. The molecule has 3 amide bonds. The first-order valence-corrected chi connectivity index (χ1v) is 11.7. The number of carbonyl (C=O) groups excluding carboxylic acids is 3. The van der Waals surface area contributed by atoms with Crippen LogP contribution in [-0.2, 0) is 21.7 Å². The highest BCUT2D eigenvalue weighted by atomic mass is 16.2. The average Bonchev–Trinajstić information content (AvgIpc) is 3.40. The average molecular weight is 450 g/mol. The first-order valence-electron chi connectivity index (χ1n) is 11.7. The van der Waals surface area contributed by atoms with E-state index < -0.39 is 11.9 Å². The molecule has 6 rings (SSSR count). The Morgan fingerprint density at radius 1 is 1.09 bits per heavy atom. The summed E-state index contributed by atoms with van der Waals surface area (Å²) in [5.74, 6) is -0.872. The molecule has 3 fully saturated rings. The van der Waals surface area contributed by atoms with Gasteiger partial charge in [0.05, 0.1) is 17.4 Å². The number of imide groups is 1. The van der Waals surface area contributed by atoms with Gasteiger partial charge >= 0.3 is 0 Å². The van der Waals surface area contributed by atoms with Crippen molar-refractivity contribution in [3.8, 4) is 5.69 Å². The fourth-order valence-electron chi connectivity index (χ4n) is 5.72. The second kappa shape index (κ2) is 7.74. The van der Waals surface area contributed by atoms with E-state index in [0.717, 1.165) is 56.0 Å². The Morgan fingerprint density at radius 3 is 2.64 bits per heavy atom. The molecule has 33 heavy (non-hydrogen) atoms. The molecular formula is C23H27N7O3. The summed E-state index contributed by atoms with van der Waals surface area (Å²) in [7, 11) is 0. The molecule has 0 bridgehead atoms. The standard InChI is InChI=1S/C23H27N7O3/c31-20-6-5-18(21(32)25-20)29-13-16-15(22(29)33)3-1-4-17(16)30-14-19(26-27-30)23(7-2-8-23)28-11-9-24-10-12-28/h1,3-4,14,18,24H,2,5-13H2,(H,25,31,32). The van der Waals surface area contributed by atoms with Gasteiger partial charge in [0, 0.05) is 50.3 Å². The molecule has 1 aromatic heterocycles. The van der Waals surface area contributed by atoms with Crippen LogP contribution in [0.2, 0.25) is 0 Å². The smallest absolute Gasteiger partial charge is 0.255 e. The Hall–Kier alpha value is -3.11. The Morgan fingerprint density at radius 2 is 1.91 bits per heavy atom.